The third-order valence-corrected chi connectivity index (χ3v) is 10.1. The number of ketones is 2. The van der Waals surface area contributed by atoms with E-state index in [0.29, 0.717) is 24.5 Å². The Morgan fingerprint density at radius 2 is 1.80 bits per heavy atom. The summed E-state index contributed by atoms with van der Waals surface area (Å²) >= 11 is 0. The molecule has 0 bridgehead atoms. The van der Waals surface area contributed by atoms with Crippen molar-refractivity contribution in [1.29, 1.82) is 0 Å². The molecule has 0 aromatic rings. The smallest absolute Gasteiger partial charge is 0.161 e. The molecule has 7 atom stereocenters. The van der Waals surface area contributed by atoms with Crippen molar-refractivity contribution >= 4 is 11.6 Å². The Labute approximate surface area is 150 Å². The van der Waals surface area contributed by atoms with Crippen LogP contribution in [0.25, 0.3) is 0 Å². The van der Waals surface area contributed by atoms with Crippen LogP contribution >= 0.6 is 0 Å². The minimum absolute atomic E-state index is 0.0207. The zero-order valence-electron chi connectivity index (χ0n) is 15.9. The Morgan fingerprint density at radius 1 is 1.08 bits per heavy atom. The summed E-state index contributed by atoms with van der Waals surface area (Å²) in [4.78, 5) is 25.2. The molecule has 0 aliphatic heterocycles. The number of rotatable bonds is 0. The second-order valence-electron chi connectivity index (χ2n) is 10.7. The molecule has 3 heteroatoms. The first-order valence-corrected chi connectivity index (χ1v) is 10.0. The van der Waals surface area contributed by atoms with Gasteiger partial charge in [-0.2, -0.15) is 0 Å². The molecular weight excluding hydrogens is 312 g/mol. The molecule has 0 radical (unpaired) electrons. The van der Waals surface area contributed by atoms with Gasteiger partial charge in [0.1, 0.15) is 5.78 Å². The molecular formula is C22H30O3. The van der Waals surface area contributed by atoms with Crippen molar-refractivity contribution in [3.63, 3.8) is 0 Å². The molecule has 4 saturated carbocycles. The van der Waals surface area contributed by atoms with E-state index in [9.17, 15) is 14.7 Å². The fourth-order valence-corrected chi connectivity index (χ4v) is 8.62. The van der Waals surface area contributed by atoms with Crippen molar-refractivity contribution in [3.8, 4) is 0 Å². The normalized spacial score (nSPS) is 58.2. The van der Waals surface area contributed by atoms with Gasteiger partial charge in [-0.05, 0) is 60.8 Å². The highest BCUT2D eigenvalue weighted by Crippen LogP contribution is 2.87. The quantitative estimate of drug-likeness (QED) is 0.730. The van der Waals surface area contributed by atoms with Gasteiger partial charge < -0.3 is 5.11 Å². The fourth-order valence-electron chi connectivity index (χ4n) is 8.62. The molecule has 3 nitrogen and oxygen atoms in total. The van der Waals surface area contributed by atoms with E-state index in [1.165, 1.54) is 0 Å². The van der Waals surface area contributed by atoms with Crippen LogP contribution in [0.1, 0.15) is 66.2 Å². The van der Waals surface area contributed by atoms with E-state index in [2.05, 4.69) is 33.8 Å². The average Bonchev–Trinajstić information content (AvgIpc) is 3.17. The van der Waals surface area contributed by atoms with Crippen molar-refractivity contribution < 1.29 is 14.7 Å². The van der Waals surface area contributed by atoms with E-state index in [4.69, 9.17) is 0 Å². The van der Waals surface area contributed by atoms with E-state index in [0.717, 1.165) is 25.7 Å². The van der Waals surface area contributed by atoms with E-state index >= 15 is 0 Å². The Balaban J connectivity index is 1.67. The second-order valence-corrected chi connectivity index (χ2v) is 10.7. The van der Waals surface area contributed by atoms with E-state index in [1.807, 2.05) is 0 Å². The molecule has 2 unspecified atom stereocenters. The summed E-state index contributed by atoms with van der Waals surface area (Å²) in [5.74, 6) is 1.17. The first-order chi connectivity index (χ1) is 11.6. The van der Waals surface area contributed by atoms with Gasteiger partial charge in [0.2, 0.25) is 0 Å². The predicted molar refractivity (Wildman–Crippen MR) is 94.7 cm³/mol. The van der Waals surface area contributed by atoms with Gasteiger partial charge in [-0.1, -0.05) is 33.8 Å². The zero-order valence-corrected chi connectivity index (χ0v) is 15.9. The molecule has 5 rings (SSSR count). The number of carbonyl (C=O) groups excluding carboxylic acids is 2. The number of allylic oxidation sites excluding steroid dienone is 2. The van der Waals surface area contributed by atoms with Crippen LogP contribution < -0.4 is 0 Å². The SMILES string of the molecule is CC1(C)C(=O)C=C[C@]2(C)[C@H]3CCC45CC4(CCC5=O)[C@]3(C)[C@H](O)C[C@@H]12. The highest BCUT2D eigenvalue weighted by Gasteiger charge is 2.85. The van der Waals surface area contributed by atoms with Crippen molar-refractivity contribution in [1.82, 2.24) is 0 Å². The molecule has 0 saturated heterocycles. The van der Waals surface area contributed by atoms with Crippen LogP contribution in [0.2, 0.25) is 0 Å². The summed E-state index contributed by atoms with van der Waals surface area (Å²) in [6.45, 7) is 8.71. The van der Waals surface area contributed by atoms with Gasteiger partial charge in [-0.3, -0.25) is 9.59 Å². The lowest BCUT2D eigenvalue weighted by Gasteiger charge is -2.65. The van der Waals surface area contributed by atoms with E-state index in [1.54, 1.807) is 6.08 Å². The molecule has 25 heavy (non-hydrogen) atoms. The van der Waals surface area contributed by atoms with Crippen molar-refractivity contribution in [2.45, 2.75) is 72.3 Å². The first kappa shape index (κ1) is 16.2. The number of Topliss-reactive ketones (excluding diaryl/α,β-unsaturated/α-hetero) is 1. The molecule has 1 N–H and O–H groups in total. The van der Waals surface area contributed by atoms with Crippen molar-refractivity contribution in [3.05, 3.63) is 12.2 Å². The van der Waals surface area contributed by atoms with Crippen LogP contribution in [0, 0.1) is 38.9 Å². The zero-order chi connectivity index (χ0) is 18.0. The van der Waals surface area contributed by atoms with Crippen LogP contribution in [0.3, 0.4) is 0 Å². The largest absolute Gasteiger partial charge is 0.393 e. The fraction of sp³-hybridized carbons (Fsp3) is 0.818. The second kappa shape index (κ2) is 4.13. The van der Waals surface area contributed by atoms with E-state index < -0.39 is 11.5 Å². The summed E-state index contributed by atoms with van der Waals surface area (Å²) < 4.78 is 0. The maximum atomic E-state index is 12.7. The van der Waals surface area contributed by atoms with Gasteiger partial charge in [0, 0.05) is 22.7 Å². The van der Waals surface area contributed by atoms with Crippen LogP contribution in [0.5, 0.6) is 0 Å². The highest BCUT2D eigenvalue weighted by atomic mass is 16.3. The lowest BCUT2D eigenvalue weighted by atomic mass is 9.39. The monoisotopic (exact) mass is 342 g/mol. The molecule has 4 fully saturated rings. The van der Waals surface area contributed by atoms with Gasteiger partial charge in [0.15, 0.2) is 5.78 Å². The summed E-state index contributed by atoms with van der Waals surface area (Å²) in [5.41, 5.74) is -0.796. The average molecular weight is 342 g/mol. The van der Waals surface area contributed by atoms with Gasteiger partial charge in [0.05, 0.1) is 6.10 Å². The van der Waals surface area contributed by atoms with Gasteiger partial charge in [-0.25, -0.2) is 0 Å². The summed E-state index contributed by atoms with van der Waals surface area (Å²) in [6, 6.07) is 0. The van der Waals surface area contributed by atoms with E-state index in [-0.39, 0.29) is 33.4 Å². The molecule has 0 spiro atoms. The summed E-state index contributed by atoms with van der Waals surface area (Å²) in [5, 5.41) is 11.4. The molecule has 5 aliphatic carbocycles. The number of carbonyl (C=O) groups is 2. The first-order valence-electron chi connectivity index (χ1n) is 10.0. The maximum absolute atomic E-state index is 12.7. The Kier molecular flexibility index (Phi) is 2.68. The lowest BCUT2D eigenvalue weighted by molar-refractivity contribution is -0.199. The maximum Gasteiger partial charge on any atom is 0.161 e. The Bertz CT molecular complexity index is 736. The van der Waals surface area contributed by atoms with Gasteiger partial charge in [-0.15, -0.1) is 0 Å². The third kappa shape index (κ3) is 1.41. The molecule has 0 heterocycles. The van der Waals surface area contributed by atoms with Crippen molar-refractivity contribution in [2.24, 2.45) is 38.9 Å². The van der Waals surface area contributed by atoms with Crippen LogP contribution in [0.15, 0.2) is 12.2 Å². The summed E-state index contributed by atoms with van der Waals surface area (Å²) in [6.07, 6.45) is 8.89. The number of fused-ring (bicyclic) bond motifs is 3. The highest BCUT2D eigenvalue weighted by molar-refractivity contribution is 5.96. The topological polar surface area (TPSA) is 54.4 Å². The molecule has 0 aromatic carbocycles. The van der Waals surface area contributed by atoms with Crippen molar-refractivity contribution in [2.75, 3.05) is 0 Å². The van der Waals surface area contributed by atoms with Crippen LogP contribution in [-0.4, -0.2) is 22.8 Å². The third-order valence-electron chi connectivity index (χ3n) is 10.1. The van der Waals surface area contributed by atoms with Gasteiger partial charge >= 0.3 is 0 Å². The molecule has 0 amide bonds. The molecule has 5 aliphatic rings. The predicted octanol–water partition coefficient (Wildman–Crippen LogP) is 3.69. The number of aliphatic hydroxyl groups excluding tert-OH is 1. The minimum Gasteiger partial charge on any atom is -0.393 e. The Morgan fingerprint density at radius 3 is 2.52 bits per heavy atom. The molecule has 136 valence electrons. The van der Waals surface area contributed by atoms with Crippen LogP contribution in [0.4, 0.5) is 0 Å². The number of hydrogen-bond acceptors (Lipinski definition) is 3. The standard InChI is InChI=1S/C22H30O3/c1-18(2)14-11-17(25)20(4)13(19(14,3)8-6-15(18)23)5-9-21-12-22(20,21)10-7-16(21)24/h6,8,13-14,17,25H,5,7,9-12H2,1-4H3/t13-,14+,17-,19-,20+,21?,22?/m1/s1. The minimum atomic E-state index is -0.424. The molecule has 0 aromatic heterocycles. The summed E-state index contributed by atoms with van der Waals surface area (Å²) in [7, 11) is 0. The number of aliphatic hydroxyl groups is 1. The number of hydrogen-bond donors (Lipinski definition) is 1. The van der Waals surface area contributed by atoms with Crippen LogP contribution in [-0.2, 0) is 9.59 Å². The lowest BCUT2D eigenvalue weighted by Crippen LogP contribution is -2.64. The van der Waals surface area contributed by atoms with Gasteiger partial charge in [0.25, 0.3) is 0 Å². The Hall–Kier alpha value is -0.960.